The fourth-order valence-electron chi connectivity index (χ4n) is 2.31. The van der Waals surface area contributed by atoms with Crippen LogP contribution in [0, 0.1) is 12.7 Å². The number of halogens is 1. The summed E-state index contributed by atoms with van der Waals surface area (Å²) in [6.45, 7) is 3.85. The zero-order valence-electron chi connectivity index (χ0n) is 13.6. The van der Waals surface area contributed by atoms with E-state index in [0.717, 1.165) is 5.56 Å². The highest BCUT2D eigenvalue weighted by Gasteiger charge is 2.23. The van der Waals surface area contributed by atoms with Crippen molar-refractivity contribution in [2.24, 2.45) is 0 Å². The second kappa shape index (κ2) is 7.67. The van der Waals surface area contributed by atoms with Gasteiger partial charge in [-0.3, -0.25) is 9.59 Å². The smallest absolute Gasteiger partial charge is 0.323 e. The van der Waals surface area contributed by atoms with Crippen LogP contribution in [0.4, 0.5) is 4.39 Å². The van der Waals surface area contributed by atoms with Gasteiger partial charge in [-0.1, -0.05) is 24.3 Å². The number of carbonyl (C=O) groups is 2. The van der Waals surface area contributed by atoms with Crippen LogP contribution in [0.1, 0.15) is 35.1 Å². The van der Waals surface area contributed by atoms with Crippen LogP contribution in [0.25, 0.3) is 0 Å². The van der Waals surface area contributed by atoms with Crippen LogP contribution < -0.4 is 0 Å². The van der Waals surface area contributed by atoms with Crippen LogP contribution >= 0.6 is 0 Å². The van der Waals surface area contributed by atoms with Gasteiger partial charge >= 0.3 is 5.97 Å². The number of benzene rings is 1. The minimum Gasteiger partial charge on any atom is -0.480 e. The second-order valence-electron chi connectivity index (χ2n) is 5.43. The Morgan fingerprint density at radius 3 is 2.54 bits per heavy atom. The number of nitrogens with zero attached hydrogens (tertiary/aromatic N) is 4. The van der Waals surface area contributed by atoms with Crippen LogP contribution in [0.2, 0.25) is 0 Å². The minimum atomic E-state index is -1.08. The maximum absolute atomic E-state index is 12.9. The first-order valence-corrected chi connectivity index (χ1v) is 7.58. The molecular formula is C16H19FN4O3. The number of hydrogen-bond acceptors (Lipinski definition) is 4. The molecule has 24 heavy (non-hydrogen) atoms. The Kier molecular flexibility index (Phi) is 5.62. The number of amides is 1. The average molecular weight is 334 g/mol. The highest BCUT2D eigenvalue weighted by Crippen LogP contribution is 2.11. The van der Waals surface area contributed by atoms with Gasteiger partial charge in [0.15, 0.2) is 5.69 Å². The van der Waals surface area contributed by atoms with Gasteiger partial charge in [0.25, 0.3) is 5.91 Å². The molecule has 0 spiro atoms. The molecule has 0 radical (unpaired) electrons. The summed E-state index contributed by atoms with van der Waals surface area (Å²) in [6.07, 6.45) is 0.641. The van der Waals surface area contributed by atoms with Crippen molar-refractivity contribution in [2.45, 2.75) is 26.8 Å². The standard InChI is InChI=1S/C16H19FN4O3/c1-3-8-20(10-14(22)23)16(24)15-11(2)21(19-18-15)9-12-4-6-13(17)7-5-12/h4-7H,3,8-10H2,1-2H3,(H,22,23). The van der Waals surface area contributed by atoms with Crippen molar-refractivity contribution in [1.82, 2.24) is 19.9 Å². The molecule has 1 N–H and O–H groups in total. The molecule has 7 nitrogen and oxygen atoms in total. The molecule has 1 amide bonds. The Labute approximate surface area is 138 Å². The zero-order valence-corrected chi connectivity index (χ0v) is 13.6. The summed E-state index contributed by atoms with van der Waals surface area (Å²) in [5.41, 5.74) is 1.49. The first kappa shape index (κ1) is 17.6. The summed E-state index contributed by atoms with van der Waals surface area (Å²) >= 11 is 0. The molecule has 0 aliphatic carbocycles. The van der Waals surface area contributed by atoms with Crippen LogP contribution in [-0.4, -0.2) is 50.0 Å². The molecule has 0 aliphatic rings. The number of rotatable bonds is 7. The van der Waals surface area contributed by atoms with Gasteiger partial charge in [-0.2, -0.15) is 0 Å². The highest BCUT2D eigenvalue weighted by molar-refractivity contribution is 5.94. The molecule has 8 heteroatoms. The van der Waals surface area contributed by atoms with Gasteiger partial charge < -0.3 is 10.0 Å². The molecule has 2 rings (SSSR count). The molecule has 0 fully saturated rings. The SMILES string of the molecule is CCCN(CC(=O)O)C(=O)c1nnn(Cc2ccc(F)cc2)c1C. The molecular weight excluding hydrogens is 315 g/mol. The van der Waals surface area contributed by atoms with Crippen LogP contribution in [0.3, 0.4) is 0 Å². The molecule has 1 aromatic heterocycles. The van der Waals surface area contributed by atoms with Crippen molar-refractivity contribution in [3.05, 3.63) is 47.0 Å². The summed E-state index contributed by atoms with van der Waals surface area (Å²) in [6, 6.07) is 5.96. The number of aliphatic carboxylic acids is 1. The lowest BCUT2D eigenvalue weighted by Gasteiger charge is -2.18. The third-order valence-corrected chi connectivity index (χ3v) is 3.54. The maximum atomic E-state index is 12.9. The van der Waals surface area contributed by atoms with Crippen molar-refractivity contribution in [3.63, 3.8) is 0 Å². The topological polar surface area (TPSA) is 88.3 Å². The molecule has 1 heterocycles. The number of carboxylic acids is 1. The normalized spacial score (nSPS) is 10.6. The van der Waals surface area contributed by atoms with E-state index in [1.54, 1.807) is 19.1 Å². The Morgan fingerprint density at radius 2 is 1.96 bits per heavy atom. The van der Waals surface area contributed by atoms with E-state index in [4.69, 9.17) is 5.11 Å². The van der Waals surface area contributed by atoms with Crippen molar-refractivity contribution in [1.29, 1.82) is 0 Å². The lowest BCUT2D eigenvalue weighted by molar-refractivity contribution is -0.137. The molecule has 0 aliphatic heterocycles. The summed E-state index contributed by atoms with van der Waals surface area (Å²) in [4.78, 5) is 24.6. The minimum absolute atomic E-state index is 0.131. The molecule has 1 aromatic carbocycles. The Hall–Kier alpha value is -2.77. The van der Waals surface area contributed by atoms with Crippen molar-refractivity contribution >= 4 is 11.9 Å². The lowest BCUT2D eigenvalue weighted by atomic mass is 10.2. The quantitative estimate of drug-likeness (QED) is 0.833. The van der Waals surface area contributed by atoms with E-state index in [1.807, 2.05) is 6.92 Å². The van der Waals surface area contributed by atoms with Crippen LogP contribution in [-0.2, 0) is 11.3 Å². The predicted octanol–water partition coefficient (Wildman–Crippen LogP) is 1.71. The monoisotopic (exact) mass is 334 g/mol. The molecule has 0 saturated heterocycles. The maximum Gasteiger partial charge on any atom is 0.323 e. The summed E-state index contributed by atoms with van der Waals surface area (Å²) in [7, 11) is 0. The van der Waals surface area contributed by atoms with Gasteiger partial charge in [0, 0.05) is 6.54 Å². The van der Waals surface area contributed by atoms with E-state index in [0.29, 0.717) is 25.2 Å². The summed E-state index contributed by atoms with van der Waals surface area (Å²) in [5.74, 6) is -1.86. The highest BCUT2D eigenvalue weighted by atomic mass is 19.1. The zero-order chi connectivity index (χ0) is 17.7. The molecule has 0 atom stereocenters. The number of aromatic nitrogens is 3. The van der Waals surface area contributed by atoms with E-state index < -0.39 is 11.9 Å². The number of carboxylic acid groups (broad SMARTS) is 1. The molecule has 128 valence electrons. The predicted molar refractivity (Wildman–Crippen MR) is 84.1 cm³/mol. The number of hydrogen-bond donors (Lipinski definition) is 1. The molecule has 0 saturated carbocycles. The average Bonchev–Trinajstić information content (AvgIpc) is 2.89. The lowest BCUT2D eigenvalue weighted by Crippen LogP contribution is -2.36. The Balaban J connectivity index is 2.19. The fourth-order valence-corrected chi connectivity index (χ4v) is 2.31. The van der Waals surface area contributed by atoms with Gasteiger partial charge in [-0.15, -0.1) is 5.10 Å². The van der Waals surface area contributed by atoms with Crippen molar-refractivity contribution in [2.75, 3.05) is 13.1 Å². The van der Waals surface area contributed by atoms with E-state index >= 15 is 0 Å². The van der Waals surface area contributed by atoms with E-state index in [1.165, 1.54) is 21.7 Å². The Bertz CT molecular complexity index is 727. The second-order valence-corrected chi connectivity index (χ2v) is 5.43. The fraction of sp³-hybridized carbons (Fsp3) is 0.375. The third kappa shape index (κ3) is 4.15. The first-order valence-electron chi connectivity index (χ1n) is 7.58. The molecule has 2 aromatic rings. The molecule has 0 bridgehead atoms. The summed E-state index contributed by atoms with van der Waals surface area (Å²) < 4.78 is 14.5. The van der Waals surface area contributed by atoms with Gasteiger partial charge in [-0.05, 0) is 31.0 Å². The van der Waals surface area contributed by atoms with Crippen molar-refractivity contribution in [3.8, 4) is 0 Å². The third-order valence-electron chi connectivity index (χ3n) is 3.54. The summed E-state index contributed by atoms with van der Waals surface area (Å²) in [5, 5.41) is 16.8. The van der Waals surface area contributed by atoms with E-state index in [9.17, 15) is 14.0 Å². The van der Waals surface area contributed by atoms with E-state index in [-0.39, 0.29) is 18.1 Å². The number of carbonyl (C=O) groups excluding carboxylic acids is 1. The van der Waals surface area contributed by atoms with Crippen molar-refractivity contribution < 1.29 is 19.1 Å². The van der Waals surface area contributed by atoms with Crippen LogP contribution in [0.15, 0.2) is 24.3 Å². The Morgan fingerprint density at radius 1 is 1.29 bits per heavy atom. The van der Waals surface area contributed by atoms with Gasteiger partial charge in [0.2, 0.25) is 0 Å². The van der Waals surface area contributed by atoms with E-state index in [2.05, 4.69) is 10.3 Å². The largest absolute Gasteiger partial charge is 0.480 e. The van der Waals surface area contributed by atoms with Crippen LogP contribution in [0.5, 0.6) is 0 Å². The van der Waals surface area contributed by atoms with Gasteiger partial charge in [-0.25, -0.2) is 9.07 Å². The van der Waals surface area contributed by atoms with Gasteiger partial charge in [0.1, 0.15) is 12.4 Å². The molecule has 0 unspecified atom stereocenters. The van der Waals surface area contributed by atoms with Gasteiger partial charge in [0.05, 0.1) is 12.2 Å². The first-order chi connectivity index (χ1) is 11.4.